The third kappa shape index (κ3) is 4.01. The molecule has 0 aromatic carbocycles. The average Bonchev–Trinajstić information content (AvgIpc) is 2.73. The zero-order valence-electron chi connectivity index (χ0n) is 11.8. The van der Waals surface area contributed by atoms with Gasteiger partial charge in [-0.1, -0.05) is 5.21 Å². The summed E-state index contributed by atoms with van der Waals surface area (Å²) in [6, 6.07) is 0.0403. The lowest BCUT2D eigenvalue weighted by Crippen LogP contribution is -2.39. The smallest absolute Gasteiger partial charge is 0.151 e. The third-order valence-electron chi connectivity index (χ3n) is 3.26. The monoisotopic (exact) mass is 286 g/mol. The molecule has 1 aliphatic heterocycles. The van der Waals surface area contributed by atoms with Gasteiger partial charge >= 0.3 is 0 Å². The highest BCUT2D eigenvalue weighted by Gasteiger charge is 2.24. The van der Waals surface area contributed by atoms with Gasteiger partial charge in [-0.05, 0) is 33.6 Å². The SMILES string of the molecule is CC(C)(C)n1cc(CNC2CCCS(=O)(=O)C2)nn1. The molecule has 1 fully saturated rings. The second kappa shape index (κ2) is 5.20. The van der Waals surface area contributed by atoms with Gasteiger partial charge in [0.2, 0.25) is 0 Å². The molecule has 19 heavy (non-hydrogen) atoms. The van der Waals surface area contributed by atoms with Crippen LogP contribution < -0.4 is 5.32 Å². The average molecular weight is 286 g/mol. The molecule has 0 spiro atoms. The molecule has 1 aromatic heterocycles. The summed E-state index contributed by atoms with van der Waals surface area (Å²) in [5.74, 6) is 0.561. The van der Waals surface area contributed by atoms with Gasteiger partial charge in [-0.15, -0.1) is 5.10 Å². The summed E-state index contributed by atoms with van der Waals surface area (Å²) in [5, 5.41) is 11.5. The van der Waals surface area contributed by atoms with Gasteiger partial charge in [-0.2, -0.15) is 0 Å². The molecular weight excluding hydrogens is 264 g/mol. The summed E-state index contributed by atoms with van der Waals surface area (Å²) < 4.78 is 24.9. The van der Waals surface area contributed by atoms with Gasteiger partial charge in [-0.25, -0.2) is 13.1 Å². The van der Waals surface area contributed by atoms with Crippen molar-refractivity contribution in [1.29, 1.82) is 0 Å². The fourth-order valence-electron chi connectivity index (χ4n) is 2.14. The predicted molar refractivity (Wildman–Crippen MR) is 73.5 cm³/mol. The van der Waals surface area contributed by atoms with Crippen molar-refractivity contribution in [3.05, 3.63) is 11.9 Å². The van der Waals surface area contributed by atoms with Crippen LogP contribution in [0.25, 0.3) is 0 Å². The lowest BCUT2D eigenvalue weighted by Gasteiger charge is -2.22. The van der Waals surface area contributed by atoms with Crippen LogP contribution in [0, 0.1) is 0 Å². The Morgan fingerprint density at radius 3 is 2.79 bits per heavy atom. The molecule has 6 nitrogen and oxygen atoms in total. The number of hydrogen-bond donors (Lipinski definition) is 1. The lowest BCUT2D eigenvalue weighted by molar-refractivity contribution is 0.347. The molecule has 108 valence electrons. The van der Waals surface area contributed by atoms with Crippen molar-refractivity contribution < 1.29 is 8.42 Å². The van der Waals surface area contributed by atoms with Gasteiger partial charge in [0.25, 0.3) is 0 Å². The number of aromatic nitrogens is 3. The highest BCUT2D eigenvalue weighted by atomic mass is 32.2. The van der Waals surface area contributed by atoms with Crippen LogP contribution in [-0.2, 0) is 21.9 Å². The Hall–Kier alpha value is -0.950. The van der Waals surface area contributed by atoms with E-state index in [9.17, 15) is 8.42 Å². The molecule has 0 amide bonds. The Balaban J connectivity index is 1.91. The Kier molecular flexibility index (Phi) is 3.96. The van der Waals surface area contributed by atoms with Crippen LogP contribution in [0.5, 0.6) is 0 Å². The molecule has 1 N–H and O–H groups in total. The van der Waals surface area contributed by atoms with Gasteiger partial charge in [0.15, 0.2) is 9.84 Å². The molecule has 1 saturated heterocycles. The Morgan fingerprint density at radius 1 is 1.47 bits per heavy atom. The lowest BCUT2D eigenvalue weighted by atomic mass is 10.1. The van der Waals surface area contributed by atoms with E-state index in [4.69, 9.17) is 0 Å². The molecule has 2 heterocycles. The minimum atomic E-state index is -2.86. The van der Waals surface area contributed by atoms with Crippen LogP contribution in [0.4, 0.5) is 0 Å². The van der Waals surface area contributed by atoms with Crippen LogP contribution in [0.3, 0.4) is 0 Å². The maximum atomic E-state index is 11.5. The maximum Gasteiger partial charge on any atom is 0.151 e. The molecule has 1 aliphatic rings. The fraction of sp³-hybridized carbons (Fsp3) is 0.833. The summed E-state index contributed by atoms with van der Waals surface area (Å²) in [5.41, 5.74) is 0.761. The van der Waals surface area contributed by atoms with Crippen LogP contribution in [0.1, 0.15) is 39.3 Å². The molecule has 7 heteroatoms. The van der Waals surface area contributed by atoms with Crippen molar-refractivity contribution in [3.63, 3.8) is 0 Å². The number of nitrogens with zero attached hydrogens (tertiary/aromatic N) is 3. The van der Waals surface area contributed by atoms with Crippen molar-refractivity contribution in [3.8, 4) is 0 Å². The maximum absolute atomic E-state index is 11.5. The molecule has 0 bridgehead atoms. The van der Waals surface area contributed by atoms with Crippen molar-refractivity contribution in [2.45, 2.75) is 51.7 Å². The predicted octanol–water partition coefficient (Wildman–Crippen LogP) is 0.700. The van der Waals surface area contributed by atoms with Crippen molar-refractivity contribution >= 4 is 9.84 Å². The van der Waals surface area contributed by atoms with E-state index < -0.39 is 9.84 Å². The minimum Gasteiger partial charge on any atom is -0.307 e. The van der Waals surface area contributed by atoms with E-state index in [2.05, 4.69) is 36.4 Å². The quantitative estimate of drug-likeness (QED) is 0.885. The Labute approximate surface area is 114 Å². The number of nitrogens with one attached hydrogen (secondary N) is 1. The largest absolute Gasteiger partial charge is 0.307 e. The highest BCUT2D eigenvalue weighted by molar-refractivity contribution is 7.91. The van der Waals surface area contributed by atoms with E-state index in [1.807, 2.05) is 10.9 Å². The van der Waals surface area contributed by atoms with Crippen LogP contribution >= 0.6 is 0 Å². The highest BCUT2D eigenvalue weighted by Crippen LogP contribution is 2.14. The van der Waals surface area contributed by atoms with E-state index in [1.54, 1.807) is 0 Å². The summed E-state index contributed by atoms with van der Waals surface area (Å²) in [4.78, 5) is 0. The number of sulfone groups is 1. The number of hydrogen-bond acceptors (Lipinski definition) is 5. The van der Waals surface area contributed by atoms with Crippen LogP contribution in [0.15, 0.2) is 6.20 Å². The first-order chi connectivity index (χ1) is 8.76. The van der Waals surface area contributed by atoms with Gasteiger partial charge in [-0.3, -0.25) is 0 Å². The molecule has 1 aromatic rings. The molecule has 0 saturated carbocycles. The summed E-state index contributed by atoms with van der Waals surface area (Å²) in [6.07, 6.45) is 3.56. The summed E-state index contributed by atoms with van der Waals surface area (Å²) in [6.45, 7) is 6.75. The van der Waals surface area contributed by atoms with Gasteiger partial charge in [0.05, 0.1) is 28.9 Å². The first-order valence-corrected chi connectivity index (χ1v) is 8.44. The standard InChI is InChI=1S/C12H22N4O2S/c1-12(2,3)16-8-11(14-15-16)7-13-10-5-4-6-19(17,18)9-10/h8,10,13H,4-7,9H2,1-3H3. The van der Waals surface area contributed by atoms with E-state index >= 15 is 0 Å². The second-order valence-corrected chi connectivity index (χ2v) is 8.39. The summed E-state index contributed by atoms with van der Waals surface area (Å²) >= 11 is 0. The van der Waals surface area contributed by atoms with E-state index in [1.165, 1.54) is 0 Å². The van der Waals surface area contributed by atoms with Gasteiger partial charge in [0, 0.05) is 12.6 Å². The topological polar surface area (TPSA) is 76.9 Å². The minimum absolute atomic E-state index is 0.0403. The van der Waals surface area contributed by atoms with Crippen LogP contribution in [0.2, 0.25) is 0 Å². The first kappa shape index (κ1) is 14.5. The molecular formula is C12H22N4O2S. The Bertz CT molecular complexity index is 530. The molecule has 1 atom stereocenters. The first-order valence-electron chi connectivity index (χ1n) is 6.62. The number of rotatable bonds is 3. The van der Waals surface area contributed by atoms with Crippen molar-refractivity contribution in [1.82, 2.24) is 20.3 Å². The zero-order chi connectivity index (χ0) is 14.1. The third-order valence-corrected chi connectivity index (χ3v) is 5.08. The molecule has 0 aliphatic carbocycles. The van der Waals surface area contributed by atoms with E-state index in [0.29, 0.717) is 12.3 Å². The van der Waals surface area contributed by atoms with Crippen molar-refractivity contribution in [2.24, 2.45) is 0 Å². The van der Waals surface area contributed by atoms with Crippen molar-refractivity contribution in [2.75, 3.05) is 11.5 Å². The van der Waals surface area contributed by atoms with E-state index in [-0.39, 0.29) is 17.3 Å². The zero-order valence-corrected chi connectivity index (χ0v) is 12.6. The normalized spacial score (nSPS) is 23.4. The Morgan fingerprint density at radius 2 is 2.21 bits per heavy atom. The molecule has 1 unspecified atom stereocenters. The fourth-order valence-corrected chi connectivity index (χ4v) is 3.81. The van der Waals surface area contributed by atoms with Gasteiger partial charge < -0.3 is 5.32 Å². The van der Waals surface area contributed by atoms with Crippen LogP contribution in [-0.4, -0.2) is 41.0 Å². The second-order valence-electron chi connectivity index (χ2n) is 6.16. The molecule has 2 rings (SSSR count). The summed E-state index contributed by atoms with van der Waals surface area (Å²) in [7, 11) is -2.86. The van der Waals surface area contributed by atoms with E-state index in [0.717, 1.165) is 18.5 Å². The molecule has 0 radical (unpaired) electrons. The van der Waals surface area contributed by atoms with Gasteiger partial charge in [0.1, 0.15) is 0 Å².